The second kappa shape index (κ2) is 11.0. The molecule has 0 saturated carbocycles. The molecule has 152 valence electrons. The molecule has 0 aliphatic heterocycles. The summed E-state index contributed by atoms with van der Waals surface area (Å²) in [6.45, 7) is 0.267. The maximum Gasteiger partial charge on any atom is 0.240 e. The summed E-state index contributed by atoms with van der Waals surface area (Å²) in [7, 11) is -2.04. The lowest BCUT2D eigenvalue weighted by Crippen LogP contribution is -2.40. The van der Waals surface area contributed by atoms with E-state index in [2.05, 4.69) is 17.4 Å². The molecule has 0 radical (unpaired) electrons. The van der Waals surface area contributed by atoms with E-state index >= 15 is 0 Å². The van der Waals surface area contributed by atoms with Crippen molar-refractivity contribution in [1.82, 2.24) is 5.32 Å². The third-order valence-electron chi connectivity index (χ3n) is 3.95. The monoisotopic (exact) mass is 422 g/mol. The molecule has 0 unspecified atom stereocenters. The molecular weight excluding hydrogens is 396 g/mol. The largest absolute Gasteiger partial charge is 0.497 e. The standard InChI is InChI=1S/C20H26N2O4S2/c1-26-19-11-9-18(10-12-19)22(28(2,24)25)15-20(23)21-13-6-14-27-16-17-7-4-3-5-8-17/h3-5,7-12H,6,13-16H2,1-2H3,(H,21,23). The maximum atomic E-state index is 12.2. The minimum Gasteiger partial charge on any atom is -0.497 e. The van der Waals surface area contributed by atoms with Crippen LogP contribution in [0.15, 0.2) is 54.6 Å². The van der Waals surface area contributed by atoms with Crippen LogP contribution in [0, 0.1) is 0 Å². The first-order chi connectivity index (χ1) is 13.4. The summed E-state index contributed by atoms with van der Waals surface area (Å²) in [4.78, 5) is 12.2. The highest BCUT2D eigenvalue weighted by atomic mass is 32.2. The Morgan fingerprint density at radius 2 is 1.79 bits per heavy atom. The molecule has 1 N–H and O–H groups in total. The summed E-state index contributed by atoms with van der Waals surface area (Å²) in [6.07, 6.45) is 1.91. The number of hydrogen-bond acceptors (Lipinski definition) is 5. The first-order valence-electron chi connectivity index (χ1n) is 8.90. The predicted octanol–water partition coefficient (Wildman–Crippen LogP) is 2.90. The Morgan fingerprint density at radius 3 is 2.39 bits per heavy atom. The van der Waals surface area contributed by atoms with Crippen LogP contribution in [0.2, 0.25) is 0 Å². The van der Waals surface area contributed by atoms with Gasteiger partial charge in [0.2, 0.25) is 15.9 Å². The number of nitrogens with one attached hydrogen (secondary N) is 1. The van der Waals surface area contributed by atoms with Gasteiger partial charge >= 0.3 is 0 Å². The number of rotatable bonds is 11. The van der Waals surface area contributed by atoms with Crippen molar-refractivity contribution in [3.63, 3.8) is 0 Å². The molecule has 2 aromatic carbocycles. The smallest absolute Gasteiger partial charge is 0.240 e. The maximum absolute atomic E-state index is 12.2. The van der Waals surface area contributed by atoms with Crippen molar-refractivity contribution < 1.29 is 17.9 Å². The number of hydrogen-bond donors (Lipinski definition) is 1. The number of carbonyl (C=O) groups is 1. The lowest BCUT2D eigenvalue weighted by atomic mass is 10.2. The van der Waals surface area contributed by atoms with Crippen LogP contribution in [0.5, 0.6) is 5.75 Å². The van der Waals surface area contributed by atoms with E-state index in [-0.39, 0.29) is 12.5 Å². The summed E-state index contributed by atoms with van der Waals surface area (Å²) < 4.78 is 30.3. The fourth-order valence-electron chi connectivity index (χ4n) is 2.50. The van der Waals surface area contributed by atoms with Gasteiger partial charge in [-0.1, -0.05) is 30.3 Å². The molecule has 0 atom stereocenters. The van der Waals surface area contributed by atoms with Crippen LogP contribution >= 0.6 is 11.8 Å². The molecule has 28 heavy (non-hydrogen) atoms. The SMILES string of the molecule is COc1ccc(N(CC(=O)NCCCSCc2ccccc2)S(C)(=O)=O)cc1. The van der Waals surface area contributed by atoms with Gasteiger partial charge in [0.15, 0.2) is 0 Å². The van der Waals surface area contributed by atoms with Crippen molar-refractivity contribution in [3.05, 3.63) is 60.2 Å². The van der Waals surface area contributed by atoms with Crippen molar-refractivity contribution in [2.45, 2.75) is 12.2 Å². The number of amides is 1. The van der Waals surface area contributed by atoms with Crippen LogP contribution in [0.4, 0.5) is 5.69 Å². The van der Waals surface area contributed by atoms with Crippen LogP contribution in [0.25, 0.3) is 0 Å². The molecule has 0 heterocycles. The van der Waals surface area contributed by atoms with E-state index in [1.54, 1.807) is 24.3 Å². The van der Waals surface area contributed by atoms with Crippen LogP contribution in [0.3, 0.4) is 0 Å². The summed E-state index contributed by atoms with van der Waals surface area (Å²) >= 11 is 1.81. The summed E-state index contributed by atoms with van der Waals surface area (Å²) in [5.41, 5.74) is 1.71. The van der Waals surface area contributed by atoms with Gasteiger partial charge in [0.25, 0.3) is 0 Å². The Kier molecular flexibility index (Phi) is 8.66. The second-order valence-electron chi connectivity index (χ2n) is 6.21. The Balaban J connectivity index is 1.76. The minimum atomic E-state index is -3.57. The molecule has 8 heteroatoms. The minimum absolute atomic E-state index is 0.248. The fourth-order valence-corrected chi connectivity index (χ4v) is 4.28. The van der Waals surface area contributed by atoms with Gasteiger partial charge in [0, 0.05) is 12.3 Å². The number of nitrogens with zero attached hydrogens (tertiary/aromatic N) is 1. The molecule has 1 amide bonds. The zero-order chi connectivity index (χ0) is 20.4. The van der Waals surface area contributed by atoms with Crippen LogP contribution in [-0.2, 0) is 20.6 Å². The van der Waals surface area contributed by atoms with E-state index in [0.29, 0.717) is 18.0 Å². The van der Waals surface area contributed by atoms with Crippen molar-refractivity contribution in [2.75, 3.05) is 36.5 Å². The number of methoxy groups -OCH3 is 1. The van der Waals surface area contributed by atoms with Gasteiger partial charge in [-0.2, -0.15) is 11.8 Å². The summed E-state index contributed by atoms with van der Waals surface area (Å²) in [6, 6.07) is 16.8. The van der Waals surface area contributed by atoms with Gasteiger partial charge in [-0.05, 0) is 42.0 Å². The van der Waals surface area contributed by atoms with E-state index in [1.807, 2.05) is 30.0 Å². The van der Waals surface area contributed by atoms with Gasteiger partial charge in [-0.3, -0.25) is 9.10 Å². The lowest BCUT2D eigenvalue weighted by Gasteiger charge is -2.22. The Hall–Kier alpha value is -2.19. The zero-order valence-electron chi connectivity index (χ0n) is 16.1. The molecule has 0 aliphatic carbocycles. The van der Waals surface area contributed by atoms with E-state index in [0.717, 1.165) is 28.5 Å². The number of sulfonamides is 1. The highest BCUT2D eigenvalue weighted by molar-refractivity contribution is 7.98. The Labute approximate surface area is 171 Å². The van der Waals surface area contributed by atoms with Crippen LogP contribution < -0.4 is 14.4 Å². The predicted molar refractivity (Wildman–Crippen MR) is 115 cm³/mol. The van der Waals surface area contributed by atoms with Crippen LogP contribution in [0.1, 0.15) is 12.0 Å². The van der Waals surface area contributed by atoms with Gasteiger partial charge in [-0.25, -0.2) is 8.42 Å². The van der Waals surface area contributed by atoms with Gasteiger partial charge in [0.1, 0.15) is 12.3 Å². The molecule has 6 nitrogen and oxygen atoms in total. The van der Waals surface area contributed by atoms with Crippen molar-refractivity contribution in [3.8, 4) is 5.75 Å². The number of thioether (sulfide) groups is 1. The average Bonchev–Trinajstić information content (AvgIpc) is 2.69. The molecule has 0 fully saturated rings. The Bertz CT molecular complexity index is 840. The fraction of sp³-hybridized carbons (Fsp3) is 0.350. The van der Waals surface area contributed by atoms with Crippen molar-refractivity contribution >= 4 is 33.4 Å². The van der Waals surface area contributed by atoms with Crippen LogP contribution in [-0.4, -0.2) is 46.5 Å². The van der Waals surface area contributed by atoms with E-state index in [1.165, 1.54) is 12.7 Å². The number of anilines is 1. The Morgan fingerprint density at radius 1 is 1.11 bits per heavy atom. The molecular formula is C20H26N2O4S2. The molecule has 0 aromatic heterocycles. The summed E-state index contributed by atoms with van der Waals surface area (Å²) in [5, 5.41) is 2.79. The molecule has 0 bridgehead atoms. The lowest BCUT2D eigenvalue weighted by molar-refractivity contribution is -0.119. The number of carbonyl (C=O) groups excluding carboxylic acids is 1. The number of benzene rings is 2. The van der Waals surface area contributed by atoms with Crippen molar-refractivity contribution in [2.24, 2.45) is 0 Å². The highest BCUT2D eigenvalue weighted by Crippen LogP contribution is 2.21. The normalized spacial score (nSPS) is 11.1. The first kappa shape index (κ1) is 22.1. The van der Waals surface area contributed by atoms with E-state index < -0.39 is 10.0 Å². The molecule has 0 saturated heterocycles. The third-order valence-corrected chi connectivity index (χ3v) is 6.20. The quantitative estimate of drug-likeness (QED) is 0.564. The van der Waals surface area contributed by atoms with Gasteiger partial charge in [0.05, 0.1) is 19.1 Å². The van der Waals surface area contributed by atoms with E-state index in [4.69, 9.17) is 4.74 Å². The van der Waals surface area contributed by atoms with E-state index in [9.17, 15) is 13.2 Å². The highest BCUT2D eigenvalue weighted by Gasteiger charge is 2.20. The third kappa shape index (κ3) is 7.44. The van der Waals surface area contributed by atoms with Gasteiger partial charge in [-0.15, -0.1) is 0 Å². The molecule has 0 aliphatic rings. The second-order valence-corrected chi connectivity index (χ2v) is 9.22. The molecule has 2 rings (SSSR count). The van der Waals surface area contributed by atoms with Gasteiger partial charge < -0.3 is 10.1 Å². The first-order valence-corrected chi connectivity index (χ1v) is 11.9. The molecule has 2 aromatic rings. The summed E-state index contributed by atoms with van der Waals surface area (Å²) in [5.74, 6) is 2.15. The zero-order valence-corrected chi connectivity index (χ0v) is 17.8. The molecule has 0 spiro atoms. The van der Waals surface area contributed by atoms with Crippen molar-refractivity contribution in [1.29, 1.82) is 0 Å². The topological polar surface area (TPSA) is 75.7 Å². The average molecular weight is 423 g/mol. The number of ether oxygens (including phenoxy) is 1.